The second kappa shape index (κ2) is 5.58. The molecule has 126 valence electrons. The van der Waals surface area contributed by atoms with Gasteiger partial charge in [0.15, 0.2) is 0 Å². The normalized spacial score (nSPS) is 19.2. The number of hydrogen-bond acceptors (Lipinski definition) is 3. The van der Waals surface area contributed by atoms with Gasteiger partial charge in [-0.2, -0.15) is 5.10 Å². The fraction of sp³-hybridized carbons (Fsp3) is 0.471. The van der Waals surface area contributed by atoms with Crippen LogP contribution in [0.1, 0.15) is 29.6 Å². The standard InChI is InChI=1S/C17H19BrN4O2/c1-19-15(23)4-11-6-17(7-11)9-21(10-17)16(24)13-8-20-22-3-2-12(18)5-14(13)22/h2-3,5,8,11H,4,6-7,9-10H2,1H3,(H,19,23). The van der Waals surface area contributed by atoms with Crippen molar-refractivity contribution in [2.24, 2.45) is 11.3 Å². The number of carbonyl (C=O) groups is 2. The summed E-state index contributed by atoms with van der Waals surface area (Å²) in [5.74, 6) is 0.623. The third-order valence-corrected chi connectivity index (χ3v) is 5.74. The number of nitrogens with one attached hydrogen (secondary N) is 1. The quantitative estimate of drug-likeness (QED) is 0.872. The van der Waals surface area contributed by atoms with Gasteiger partial charge in [-0.1, -0.05) is 15.9 Å². The average Bonchev–Trinajstić information content (AvgIpc) is 2.90. The van der Waals surface area contributed by atoms with Crippen LogP contribution >= 0.6 is 15.9 Å². The van der Waals surface area contributed by atoms with Gasteiger partial charge < -0.3 is 10.2 Å². The van der Waals surface area contributed by atoms with Gasteiger partial charge >= 0.3 is 0 Å². The first-order valence-corrected chi connectivity index (χ1v) is 8.92. The van der Waals surface area contributed by atoms with E-state index in [1.807, 2.05) is 23.2 Å². The van der Waals surface area contributed by atoms with Crippen LogP contribution in [0.25, 0.3) is 5.52 Å². The maximum absolute atomic E-state index is 12.7. The minimum absolute atomic E-state index is 0.0449. The van der Waals surface area contributed by atoms with Crippen molar-refractivity contribution in [3.63, 3.8) is 0 Å². The molecule has 6 nitrogen and oxygen atoms in total. The largest absolute Gasteiger partial charge is 0.359 e. The van der Waals surface area contributed by atoms with E-state index in [9.17, 15) is 9.59 Å². The number of aromatic nitrogens is 2. The van der Waals surface area contributed by atoms with Crippen molar-refractivity contribution in [2.75, 3.05) is 20.1 Å². The summed E-state index contributed by atoms with van der Waals surface area (Å²) in [5, 5.41) is 6.93. The van der Waals surface area contributed by atoms with Crippen LogP contribution in [0.2, 0.25) is 0 Å². The van der Waals surface area contributed by atoms with E-state index in [1.54, 1.807) is 17.8 Å². The van der Waals surface area contributed by atoms with Crippen molar-refractivity contribution >= 4 is 33.3 Å². The molecule has 0 radical (unpaired) electrons. The molecule has 2 aromatic rings. The van der Waals surface area contributed by atoms with Crippen LogP contribution in [0.4, 0.5) is 0 Å². The molecular formula is C17H19BrN4O2. The Labute approximate surface area is 148 Å². The van der Waals surface area contributed by atoms with E-state index in [-0.39, 0.29) is 17.2 Å². The Kier molecular flexibility index (Phi) is 3.63. The summed E-state index contributed by atoms with van der Waals surface area (Å²) in [7, 11) is 1.68. The molecule has 1 aliphatic heterocycles. The summed E-state index contributed by atoms with van der Waals surface area (Å²) < 4.78 is 2.65. The van der Waals surface area contributed by atoms with E-state index in [1.165, 1.54) is 0 Å². The Morgan fingerprint density at radius 3 is 2.88 bits per heavy atom. The van der Waals surface area contributed by atoms with Gasteiger partial charge in [0.05, 0.1) is 17.3 Å². The number of hydrogen-bond donors (Lipinski definition) is 1. The summed E-state index contributed by atoms with van der Waals surface area (Å²) in [6.45, 7) is 1.59. The Balaban J connectivity index is 1.40. The highest BCUT2D eigenvalue weighted by molar-refractivity contribution is 9.10. The minimum Gasteiger partial charge on any atom is -0.359 e. The lowest BCUT2D eigenvalue weighted by atomic mass is 9.57. The van der Waals surface area contributed by atoms with Crippen molar-refractivity contribution < 1.29 is 9.59 Å². The number of amides is 2. The van der Waals surface area contributed by atoms with Crippen molar-refractivity contribution in [1.29, 1.82) is 0 Å². The highest BCUT2D eigenvalue weighted by Crippen LogP contribution is 2.53. The van der Waals surface area contributed by atoms with E-state index in [0.29, 0.717) is 17.9 Å². The molecule has 0 aromatic carbocycles. The van der Waals surface area contributed by atoms with E-state index >= 15 is 0 Å². The molecule has 3 heterocycles. The third kappa shape index (κ3) is 2.51. The van der Waals surface area contributed by atoms with Gasteiger partial charge in [-0.05, 0) is 30.9 Å². The van der Waals surface area contributed by atoms with Gasteiger partial charge in [-0.3, -0.25) is 9.59 Å². The number of fused-ring (bicyclic) bond motifs is 1. The van der Waals surface area contributed by atoms with Crippen molar-refractivity contribution in [2.45, 2.75) is 19.3 Å². The Morgan fingerprint density at radius 2 is 2.17 bits per heavy atom. The van der Waals surface area contributed by atoms with Crippen LogP contribution in [0.5, 0.6) is 0 Å². The lowest BCUT2D eigenvalue weighted by molar-refractivity contribution is -0.127. The molecule has 1 saturated heterocycles. The first kappa shape index (κ1) is 15.6. The number of nitrogens with zero attached hydrogens (tertiary/aromatic N) is 3. The van der Waals surface area contributed by atoms with Gasteiger partial charge in [0.1, 0.15) is 0 Å². The van der Waals surface area contributed by atoms with Gasteiger partial charge in [-0.25, -0.2) is 4.52 Å². The number of pyridine rings is 1. The minimum atomic E-state index is 0.0449. The summed E-state index contributed by atoms with van der Waals surface area (Å²) in [6.07, 6.45) is 6.18. The van der Waals surface area contributed by atoms with E-state index in [2.05, 4.69) is 26.3 Å². The molecule has 1 spiro atoms. The van der Waals surface area contributed by atoms with Crippen LogP contribution in [-0.2, 0) is 4.79 Å². The lowest BCUT2D eigenvalue weighted by Gasteiger charge is -2.59. The van der Waals surface area contributed by atoms with Crippen LogP contribution < -0.4 is 5.32 Å². The first-order valence-electron chi connectivity index (χ1n) is 8.12. The number of likely N-dealkylation sites (tertiary alicyclic amines) is 1. The number of rotatable bonds is 3. The fourth-order valence-electron chi connectivity index (χ4n) is 4.13. The monoisotopic (exact) mass is 390 g/mol. The van der Waals surface area contributed by atoms with E-state index in [4.69, 9.17) is 0 Å². The predicted molar refractivity (Wildman–Crippen MR) is 92.6 cm³/mol. The molecule has 4 rings (SSSR count). The Bertz CT molecular complexity index is 817. The molecule has 1 N–H and O–H groups in total. The topological polar surface area (TPSA) is 66.7 Å². The molecule has 2 aromatic heterocycles. The van der Waals surface area contributed by atoms with Crippen molar-refractivity contribution in [3.8, 4) is 0 Å². The van der Waals surface area contributed by atoms with Crippen LogP contribution in [0.3, 0.4) is 0 Å². The maximum Gasteiger partial charge on any atom is 0.257 e. The molecule has 0 unspecified atom stereocenters. The van der Waals surface area contributed by atoms with Gasteiger partial charge in [0.25, 0.3) is 5.91 Å². The highest BCUT2D eigenvalue weighted by Gasteiger charge is 2.53. The second-order valence-corrected chi connectivity index (χ2v) is 7.96. The molecular weight excluding hydrogens is 372 g/mol. The number of halogens is 1. The van der Waals surface area contributed by atoms with Crippen LogP contribution in [-0.4, -0.2) is 46.5 Å². The molecule has 1 aliphatic carbocycles. The maximum atomic E-state index is 12.7. The first-order chi connectivity index (χ1) is 11.5. The molecule has 2 amide bonds. The summed E-state index contributed by atoms with van der Waals surface area (Å²) >= 11 is 3.44. The SMILES string of the molecule is CNC(=O)CC1CC2(C1)CN(C(=O)c1cnn3ccc(Br)cc13)C2. The fourth-order valence-corrected chi connectivity index (χ4v) is 4.46. The summed E-state index contributed by atoms with van der Waals surface area (Å²) in [5.41, 5.74) is 1.71. The zero-order chi connectivity index (χ0) is 16.9. The van der Waals surface area contributed by atoms with Gasteiger partial charge in [0.2, 0.25) is 5.91 Å². The highest BCUT2D eigenvalue weighted by atomic mass is 79.9. The molecule has 1 saturated carbocycles. The summed E-state index contributed by atoms with van der Waals surface area (Å²) in [6, 6.07) is 3.81. The second-order valence-electron chi connectivity index (χ2n) is 7.05. The molecule has 0 atom stereocenters. The third-order valence-electron chi connectivity index (χ3n) is 5.25. The molecule has 2 aliphatic rings. The lowest BCUT2D eigenvalue weighted by Crippen LogP contribution is -2.63. The molecule has 2 fully saturated rings. The predicted octanol–water partition coefficient (Wildman–Crippen LogP) is 2.09. The summed E-state index contributed by atoms with van der Waals surface area (Å²) in [4.78, 5) is 26.1. The van der Waals surface area contributed by atoms with Crippen molar-refractivity contribution in [3.05, 3.63) is 34.6 Å². The molecule has 7 heteroatoms. The number of carbonyl (C=O) groups excluding carboxylic acids is 2. The average molecular weight is 391 g/mol. The van der Waals surface area contributed by atoms with Crippen molar-refractivity contribution in [1.82, 2.24) is 19.8 Å². The molecule has 0 bridgehead atoms. The van der Waals surface area contributed by atoms with Gasteiger partial charge in [0, 0.05) is 42.6 Å². The Hall–Kier alpha value is -1.89. The van der Waals surface area contributed by atoms with Crippen LogP contribution in [0.15, 0.2) is 29.0 Å². The smallest absolute Gasteiger partial charge is 0.257 e. The zero-order valence-corrected chi connectivity index (χ0v) is 15.0. The van der Waals surface area contributed by atoms with E-state index < -0.39 is 0 Å². The van der Waals surface area contributed by atoms with E-state index in [0.717, 1.165) is 35.9 Å². The zero-order valence-electron chi connectivity index (χ0n) is 13.5. The van der Waals surface area contributed by atoms with Crippen LogP contribution in [0, 0.1) is 11.3 Å². The molecule has 24 heavy (non-hydrogen) atoms. The Morgan fingerprint density at radius 1 is 1.42 bits per heavy atom. The van der Waals surface area contributed by atoms with Gasteiger partial charge in [-0.15, -0.1) is 0 Å².